The fourth-order valence-corrected chi connectivity index (χ4v) is 2.18. The third-order valence-corrected chi connectivity index (χ3v) is 3.22. The van der Waals surface area contributed by atoms with Crippen molar-refractivity contribution in [2.24, 2.45) is 0 Å². The largest absolute Gasteiger partial charge is 0.360 e. The summed E-state index contributed by atoms with van der Waals surface area (Å²) in [7, 11) is 1.80. The number of carbonyl (C=O) groups excluding carboxylic acids is 1. The topological polar surface area (TPSA) is 44.9 Å². The molecule has 0 saturated carbocycles. The first-order chi connectivity index (χ1) is 8.17. The van der Waals surface area contributed by atoms with E-state index in [-0.39, 0.29) is 11.8 Å². The number of halogens is 1. The highest BCUT2D eigenvalue weighted by Crippen LogP contribution is 2.23. The summed E-state index contributed by atoms with van der Waals surface area (Å²) in [5, 5.41) is 4.55. The smallest absolute Gasteiger partial charge is 0.181 e. The lowest BCUT2D eigenvalue weighted by Crippen LogP contribution is -2.33. The van der Waals surface area contributed by atoms with Gasteiger partial charge in [0.1, 0.15) is 0 Å². The first kappa shape index (κ1) is 12.1. The molecule has 0 aliphatic heterocycles. The lowest BCUT2D eigenvalue weighted by molar-refractivity contribution is 0.0946. The number of likely N-dealkylation sites (N-methyl/N-ethyl adjacent to an activating group) is 1. The quantitative estimate of drug-likeness (QED) is 0.820. The van der Waals surface area contributed by atoms with E-state index >= 15 is 0 Å². The lowest BCUT2D eigenvalue weighted by Gasteiger charge is -2.11. The number of ketones is 1. The Labute approximate surface area is 105 Å². The van der Waals surface area contributed by atoms with Crippen LogP contribution < -0.4 is 5.32 Å². The van der Waals surface area contributed by atoms with Crippen LogP contribution in [-0.2, 0) is 0 Å². The summed E-state index contributed by atoms with van der Waals surface area (Å²) in [4.78, 5) is 15.4. The maximum atomic E-state index is 12.3. The number of carbonyl (C=O) groups is 1. The van der Waals surface area contributed by atoms with E-state index in [0.717, 1.165) is 17.3 Å². The molecule has 17 heavy (non-hydrogen) atoms. The van der Waals surface area contributed by atoms with Crippen molar-refractivity contribution < 1.29 is 4.79 Å². The second-order valence-electron chi connectivity index (χ2n) is 4.01. The van der Waals surface area contributed by atoms with Crippen LogP contribution in [0, 0.1) is 0 Å². The minimum Gasteiger partial charge on any atom is -0.360 e. The van der Waals surface area contributed by atoms with E-state index in [4.69, 9.17) is 11.6 Å². The predicted octanol–water partition coefficient (Wildman–Crippen LogP) is 3.00. The molecular formula is C13H15ClN2O. The molecule has 0 aliphatic carbocycles. The van der Waals surface area contributed by atoms with Gasteiger partial charge in [-0.15, -0.1) is 0 Å². The number of aromatic nitrogens is 1. The van der Waals surface area contributed by atoms with Crippen LogP contribution >= 0.6 is 11.6 Å². The lowest BCUT2D eigenvalue weighted by atomic mass is 10.0. The van der Waals surface area contributed by atoms with Gasteiger partial charge in [-0.1, -0.05) is 18.5 Å². The molecular weight excluding hydrogens is 236 g/mol. The maximum absolute atomic E-state index is 12.3. The Morgan fingerprint density at radius 2 is 2.29 bits per heavy atom. The molecule has 0 amide bonds. The van der Waals surface area contributed by atoms with E-state index in [1.54, 1.807) is 13.2 Å². The molecule has 2 N–H and O–H groups in total. The van der Waals surface area contributed by atoms with Crippen LogP contribution in [0.2, 0.25) is 5.02 Å². The molecule has 1 aromatic heterocycles. The highest BCUT2D eigenvalue weighted by molar-refractivity contribution is 6.31. The van der Waals surface area contributed by atoms with Gasteiger partial charge in [0.2, 0.25) is 0 Å². The fourth-order valence-electron chi connectivity index (χ4n) is 2.01. The zero-order valence-corrected chi connectivity index (χ0v) is 10.6. The normalized spacial score (nSPS) is 12.9. The van der Waals surface area contributed by atoms with Crippen molar-refractivity contribution in [3.8, 4) is 0 Å². The summed E-state index contributed by atoms with van der Waals surface area (Å²) in [6.45, 7) is 1.99. The minimum absolute atomic E-state index is 0.100. The van der Waals surface area contributed by atoms with Gasteiger partial charge in [-0.25, -0.2) is 0 Å². The van der Waals surface area contributed by atoms with E-state index < -0.39 is 0 Å². The van der Waals surface area contributed by atoms with Crippen molar-refractivity contribution >= 4 is 28.3 Å². The summed E-state index contributed by atoms with van der Waals surface area (Å²) < 4.78 is 0. The Kier molecular flexibility index (Phi) is 3.50. The number of Topliss-reactive ketones (excluding diaryl/α,β-unsaturated/α-hetero) is 1. The highest BCUT2D eigenvalue weighted by atomic mass is 35.5. The summed E-state index contributed by atoms with van der Waals surface area (Å²) in [6, 6.07) is 5.37. The molecule has 2 aromatic rings. The van der Waals surface area contributed by atoms with Crippen LogP contribution in [0.25, 0.3) is 10.9 Å². The van der Waals surface area contributed by atoms with Crippen molar-refractivity contribution in [1.82, 2.24) is 10.3 Å². The van der Waals surface area contributed by atoms with Gasteiger partial charge in [-0.05, 0) is 31.7 Å². The number of nitrogens with one attached hydrogen (secondary N) is 2. The third kappa shape index (κ3) is 2.21. The van der Waals surface area contributed by atoms with E-state index in [0.29, 0.717) is 10.6 Å². The van der Waals surface area contributed by atoms with Crippen LogP contribution in [0.3, 0.4) is 0 Å². The Bertz CT molecular complexity index is 543. The van der Waals surface area contributed by atoms with Gasteiger partial charge in [0.15, 0.2) is 5.78 Å². The summed E-state index contributed by atoms with van der Waals surface area (Å²) in [5.74, 6) is 0.100. The zero-order valence-electron chi connectivity index (χ0n) is 9.88. The number of aromatic amines is 1. The summed E-state index contributed by atoms with van der Waals surface area (Å²) >= 11 is 5.96. The maximum Gasteiger partial charge on any atom is 0.181 e. The first-order valence-corrected chi connectivity index (χ1v) is 6.03. The Morgan fingerprint density at radius 1 is 1.53 bits per heavy atom. The van der Waals surface area contributed by atoms with Gasteiger partial charge in [0, 0.05) is 27.7 Å². The van der Waals surface area contributed by atoms with Crippen LogP contribution in [0.5, 0.6) is 0 Å². The molecule has 4 heteroatoms. The van der Waals surface area contributed by atoms with Crippen molar-refractivity contribution in [3.05, 3.63) is 35.0 Å². The molecule has 0 fully saturated rings. The monoisotopic (exact) mass is 250 g/mol. The molecule has 1 heterocycles. The molecule has 0 bridgehead atoms. The molecule has 0 radical (unpaired) electrons. The van der Waals surface area contributed by atoms with E-state index in [1.807, 2.05) is 25.1 Å². The van der Waals surface area contributed by atoms with Crippen LogP contribution in [-0.4, -0.2) is 23.9 Å². The molecule has 1 atom stereocenters. The van der Waals surface area contributed by atoms with Crippen LogP contribution in [0.15, 0.2) is 24.4 Å². The van der Waals surface area contributed by atoms with Gasteiger partial charge in [0.05, 0.1) is 6.04 Å². The van der Waals surface area contributed by atoms with Gasteiger partial charge in [0.25, 0.3) is 0 Å². The standard InChI is InChI=1S/C13H15ClN2O/c1-3-11(15-2)13(17)10-7-16-12-5-4-8(14)6-9(10)12/h4-7,11,15-16H,3H2,1-2H3. The van der Waals surface area contributed by atoms with Gasteiger partial charge in [-0.3, -0.25) is 4.79 Å². The van der Waals surface area contributed by atoms with E-state index in [1.165, 1.54) is 0 Å². The molecule has 0 spiro atoms. The molecule has 1 aromatic carbocycles. The van der Waals surface area contributed by atoms with E-state index in [9.17, 15) is 4.79 Å². The SMILES string of the molecule is CCC(NC)C(=O)c1c[nH]c2ccc(Cl)cc12. The van der Waals surface area contributed by atoms with Gasteiger partial charge in [-0.2, -0.15) is 0 Å². The van der Waals surface area contributed by atoms with E-state index in [2.05, 4.69) is 10.3 Å². The van der Waals surface area contributed by atoms with Crippen molar-refractivity contribution in [2.45, 2.75) is 19.4 Å². The molecule has 3 nitrogen and oxygen atoms in total. The average Bonchev–Trinajstić information content (AvgIpc) is 2.73. The second kappa shape index (κ2) is 4.90. The van der Waals surface area contributed by atoms with Gasteiger partial charge >= 0.3 is 0 Å². The number of benzene rings is 1. The third-order valence-electron chi connectivity index (χ3n) is 2.98. The number of hydrogen-bond donors (Lipinski definition) is 2. The summed E-state index contributed by atoms with van der Waals surface area (Å²) in [5.41, 5.74) is 1.63. The highest BCUT2D eigenvalue weighted by Gasteiger charge is 2.19. The molecule has 90 valence electrons. The fraction of sp³-hybridized carbons (Fsp3) is 0.308. The molecule has 2 rings (SSSR count). The zero-order chi connectivity index (χ0) is 12.4. The van der Waals surface area contributed by atoms with Crippen molar-refractivity contribution in [1.29, 1.82) is 0 Å². The Hall–Kier alpha value is -1.32. The first-order valence-electron chi connectivity index (χ1n) is 5.65. The molecule has 0 aliphatic rings. The predicted molar refractivity (Wildman–Crippen MR) is 70.8 cm³/mol. The second-order valence-corrected chi connectivity index (χ2v) is 4.44. The number of hydrogen-bond acceptors (Lipinski definition) is 2. The number of H-pyrrole nitrogens is 1. The summed E-state index contributed by atoms with van der Waals surface area (Å²) in [6.07, 6.45) is 2.52. The Morgan fingerprint density at radius 3 is 2.94 bits per heavy atom. The number of rotatable bonds is 4. The molecule has 1 unspecified atom stereocenters. The van der Waals surface area contributed by atoms with Crippen molar-refractivity contribution in [3.63, 3.8) is 0 Å². The Balaban J connectivity index is 2.48. The average molecular weight is 251 g/mol. The minimum atomic E-state index is -0.145. The van der Waals surface area contributed by atoms with Gasteiger partial charge < -0.3 is 10.3 Å². The van der Waals surface area contributed by atoms with Crippen LogP contribution in [0.4, 0.5) is 0 Å². The number of fused-ring (bicyclic) bond motifs is 1. The van der Waals surface area contributed by atoms with Crippen molar-refractivity contribution in [2.75, 3.05) is 7.05 Å². The van der Waals surface area contributed by atoms with Crippen LogP contribution in [0.1, 0.15) is 23.7 Å². The molecule has 0 saturated heterocycles.